The van der Waals surface area contributed by atoms with Gasteiger partial charge in [-0.2, -0.15) is 0 Å². The van der Waals surface area contributed by atoms with E-state index >= 15 is 0 Å². The van der Waals surface area contributed by atoms with Crippen LogP contribution in [0.3, 0.4) is 0 Å². The second kappa shape index (κ2) is 5.03. The van der Waals surface area contributed by atoms with E-state index in [1.54, 1.807) is 6.20 Å². The standard InChI is InChI=1S/C12H18N4O/c1-16(10-4-2-3-5-10)11-7-6-9(8-14-11)12(13)15-17/h6-8,10,17H,2-5H2,1H3,(H2,13,15). The van der Waals surface area contributed by atoms with Gasteiger partial charge < -0.3 is 15.8 Å². The summed E-state index contributed by atoms with van der Waals surface area (Å²) in [5.74, 6) is 1.03. The van der Waals surface area contributed by atoms with Gasteiger partial charge in [-0.1, -0.05) is 18.0 Å². The summed E-state index contributed by atoms with van der Waals surface area (Å²) in [7, 11) is 2.07. The number of pyridine rings is 1. The Morgan fingerprint density at radius 3 is 2.71 bits per heavy atom. The number of rotatable bonds is 3. The predicted octanol–water partition coefficient (Wildman–Crippen LogP) is 1.55. The number of anilines is 1. The number of hydrogen-bond acceptors (Lipinski definition) is 4. The third-order valence-electron chi connectivity index (χ3n) is 3.39. The molecule has 0 aromatic carbocycles. The highest BCUT2D eigenvalue weighted by Gasteiger charge is 2.20. The van der Waals surface area contributed by atoms with Crippen molar-refractivity contribution in [2.75, 3.05) is 11.9 Å². The molecule has 2 rings (SSSR count). The van der Waals surface area contributed by atoms with E-state index in [9.17, 15) is 0 Å². The minimum Gasteiger partial charge on any atom is -0.409 e. The molecule has 0 saturated heterocycles. The van der Waals surface area contributed by atoms with Crippen molar-refractivity contribution in [3.63, 3.8) is 0 Å². The molecule has 0 spiro atoms. The second-order valence-electron chi connectivity index (χ2n) is 4.44. The minimum absolute atomic E-state index is 0.0903. The van der Waals surface area contributed by atoms with Crippen LogP contribution in [-0.4, -0.2) is 29.1 Å². The molecule has 5 nitrogen and oxygen atoms in total. The summed E-state index contributed by atoms with van der Waals surface area (Å²) in [5.41, 5.74) is 6.12. The maximum Gasteiger partial charge on any atom is 0.171 e. The van der Waals surface area contributed by atoms with Gasteiger partial charge in [0.1, 0.15) is 5.82 Å². The molecular formula is C12H18N4O. The van der Waals surface area contributed by atoms with Crippen molar-refractivity contribution in [1.82, 2.24) is 4.98 Å². The van der Waals surface area contributed by atoms with E-state index < -0.39 is 0 Å². The van der Waals surface area contributed by atoms with E-state index in [1.165, 1.54) is 25.7 Å². The van der Waals surface area contributed by atoms with Crippen molar-refractivity contribution in [3.05, 3.63) is 23.9 Å². The average Bonchev–Trinajstić information content (AvgIpc) is 2.91. The zero-order valence-corrected chi connectivity index (χ0v) is 10.0. The van der Waals surface area contributed by atoms with Crippen molar-refractivity contribution in [2.45, 2.75) is 31.7 Å². The molecule has 1 aromatic heterocycles. The highest BCUT2D eigenvalue weighted by molar-refractivity contribution is 5.96. The van der Waals surface area contributed by atoms with Gasteiger partial charge in [-0.3, -0.25) is 0 Å². The SMILES string of the molecule is CN(c1ccc(/C(N)=N/O)cn1)C1CCCC1. The second-order valence-corrected chi connectivity index (χ2v) is 4.44. The van der Waals surface area contributed by atoms with Crippen LogP contribution in [-0.2, 0) is 0 Å². The van der Waals surface area contributed by atoms with Gasteiger partial charge in [-0.25, -0.2) is 4.98 Å². The van der Waals surface area contributed by atoms with Gasteiger partial charge in [0, 0.05) is 24.8 Å². The molecule has 0 bridgehead atoms. The molecule has 92 valence electrons. The zero-order valence-electron chi connectivity index (χ0n) is 10.0. The Bertz CT molecular complexity index is 395. The maximum absolute atomic E-state index is 8.56. The first-order chi connectivity index (χ1) is 8.22. The quantitative estimate of drug-likeness (QED) is 0.360. The average molecular weight is 234 g/mol. The lowest BCUT2D eigenvalue weighted by Crippen LogP contribution is -2.29. The molecule has 1 aliphatic carbocycles. The molecule has 1 heterocycles. The molecule has 3 N–H and O–H groups in total. The molecule has 1 aromatic rings. The van der Waals surface area contributed by atoms with E-state index in [0.717, 1.165) is 5.82 Å². The zero-order chi connectivity index (χ0) is 12.3. The monoisotopic (exact) mass is 234 g/mol. The summed E-state index contributed by atoms with van der Waals surface area (Å²) in [6.45, 7) is 0. The Morgan fingerprint density at radius 1 is 1.47 bits per heavy atom. The van der Waals surface area contributed by atoms with Crippen molar-refractivity contribution in [1.29, 1.82) is 0 Å². The molecule has 1 aliphatic rings. The fourth-order valence-corrected chi connectivity index (χ4v) is 2.28. The van der Waals surface area contributed by atoms with Crippen LogP contribution < -0.4 is 10.6 Å². The van der Waals surface area contributed by atoms with Crippen LogP contribution >= 0.6 is 0 Å². The van der Waals surface area contributed by atoms with Crippen molar-refractivity contribution < 1.29 is 5.21 Å². The summed E-state index contributed by atoms with van der Waals surface area (Å²) in [5, 5.41) is 11.5. The summed E-state index contributed by atoms with van der Waals surface area (Å²) >= 11 is 0. The van der Waals surface area contributed by atoms with Crippen LogP contribution in [0.5, 0.6) is 0 Å². The van der Waals surface area contributed by atoms with Crippen LogP contribution in [0.4, 0.5) is 5.82 Å². The Morgan fingerprint density at radius 2 is 2.18 bits per heavy atom. The van der Waals surface area contributed by atoms with Crippen molar-refractivity contribution >= 4 is 11.7 Å². The minimum atomic E-state index is 0.0903. The van der Waals surface area contributed by atoms with Crippen LogP contribution in [0.15, 0.2) is 23.5 Å². The molecule has 0 unspecified atom stereocenters. The molecule has 0 radical (unpaired) electrons. The molecule has 0 atom stereocenters. The Hall–Kier alpha value is -1.78. The van der Waals surface area contributed by atoms with E-state index in [0.29, 0.717) is 11.6 Å². The molecule has 1 saturated carbocycles. The van der Waals surface area contributed by atoms with Gasteiger partial charge in [0.2, 0.25) is 0 Å². The topological polar surface area (TPSA) is 74.7 Å². The fourth-order valence-electron chi connectivity index (χ4n) is 2.28. The van der Waals surface area contributed by atoms with E-state index in [-0.39, 0.29) is 5.84 Å². The number of nitrogens with zero attached hydrogens (tertiary/aromatic N) is 3. The Kier molecular flexibility index (Phi) is 3.46. The lowest BCUT2D eigenvalue weighted by Gasteiger charge is -2.25. The predicted molar refractivity (Wildman–Crippen MR) is 67.4 cm³/mol. The number of nitrogens with two attached hydrogens (primary N) is 1. The summed E-state index contributed by atoms with van der Waals surface area (Å²) < 4.78 is 0. The van der Waals surface area contributed by atoms with Crippen LogP contribution in [0.1, 0.15) is 31.2 Å². The lowest BCUT2D eigenvalue weighted by molar-refractivity contribution is 0.318. The molecule has 17 heavy (non-hydrogen) atoms. The molecule has 1 fully saturated rings. The first kappa shape index (κ1) is 11.7. The third kappa shape index (κ3) is 2.49. The van der Waals surface area contributed by atoms with E-state index in [2.05, 4.69) is 22.1 Å². The number of oxime groups is 1. The van der Waals surface area contributed by atoms with Gasteiger partial charge in [-0.05, 0) is 25.0 Å². The molecule has 5 heteroatoms. The molecule has 0 aliphatic heterocycles. The molecular weight excluding hydrogens is 216 g/mol. The first-order valence-corrected chi connectivity index (χ1v) is 5.89. The molecule has 0 amide bonds. The van der Waals surface area contributed by atoms with Gasteiger partial charge in [0.05, 0.1) is 0 Å². The fraction of sp³-hybridized carbons (Fsp3) is 0.500. The maximum atomic E-state index is 8.56. The number of aromatic nitrogens is 1. The lowest BCUT2D eigenvalue weighted by atomic mass is 10.2. The van der Waals surface area contributed by atoms with Crippen LogP contribution in [0.2, 0.25) is 0 Å². The summed E-state index contributed by atoms with van der Waals surface area (Å²) in [6.07, 6.45) is 6.71. The first-order valence-electron chi connectivity index (χ1n) is 5.89. The summed E-state index contributed by atoms with van der Waals surface area (Å²) in [6, 6.07) is 4.33. The largest absolute Gasteiger partial charge is 0.409 e. The third-order valence-corrected chi connectivity index (χ3v) is 3.39. The van der Waals surface area contributed by atoms with Gasteiger partial charge >= 0.3 is 0 Å². The number of amidine groups is 1. The smallest absolute Gasteiger partial charge is 0.171 e. The van der Waals surface area contributed by atoms with Crippen molar-refractivity contribution in [3.8, 4) is 0 Å². The summed E-state index contributed by atoms with van der Waals surface area (Å²) in [4.78, 5) is 6.56. The van der Waals surface area contributed by atoms with E-state index in [1.807, 2.05) is 12.1 Å². The van der Waals surface area contributed by atoms with Crippen LogP contribution in [0.25, 0.3) is 0 Å². The van der Waals surface area contributed by atoms with Crippen LogP contribution in [0, 0.1) is 0 Å². The number of hydrogen-bond donors (Lipinski definition) is 2. The normalized spacial score (nSPS) is 17.4. The van der Waals surface area contributed by atoms with Gasteiger partial charge in [0.25, 0.3) is 0 Å². The highest BCUT2D eigenvalue weighted by atomic mass is 16.4. The van der Waals surface area contributed by atoms with Gasteiger partial charge in [0.15, 0.2) is 5.84 Å². The van der Waals surface area contributed by atoms with E-state index in [4.69, 9.17) is 10.9 Å². The van der Waals surface area contributed by atoms with Gasteiger partial charge in [-0.15, -0.1) is 0 Å². The van der Waals surface area contributed by atoms with Crippen molar-refractivity contribution in [2.24, 2.45) is 10.9 Å². The highest BCUT2D eigenvalue weighted by Crippen LogP contribution is 2.25. The Labute approximate surface area is 101 Å². The Balaban J connectivity index is 2.11.